The minimum Gasteiger partial charge on any atom is -0.368 e. The molecule has 4 nitrogen and oxygen atoms in total. The van der Waals surface area contributed by atoms with E-state index in [-0.39, 0.29) is 6.10 Å². The molecule has 1 aliphatic rings. The zero-order valence-electron chi connectivity index (χ0n) is 11.1. The zero-order valence-corrected chi connectivity index (χ0v) is 11.1. The number of para-hydroxylation sites is 1. The van der Waals surface area contributed by atoms with Gasteiger partial charge in [-0.25, -0.2) is 0 Å². The highest BCUT2D eigenvalue weighted by Crippen LogP contribution is 2.22. The molecule has 1 fully saturated rings. The molecule has 3 rings (SSSR count). The molecule has 0 amide bonds. The van der Waals surface area contributed by atoms with Gasteiger partial charge in [-0.1, -0.05) is 18.2 Å². The number of fused-ring (bicyclic) bond motifs is 1. The van der Waals surface area contributed by atoms with Gasteiger partial charge in [0.2, 0.25) is 0 Å². The third kappa shape index (κ3) is 2.41. The number of ether oxygens (including phenoxy) is 1. The second-order valence-electron chi connectivity index (χ2n) is 5.06. The van der Waals surface area contributed by atoms with E-state index in [1.807, 2.05) is 0 Å². The maximum atomic E-state index is 10.8. The van der Waals surface area contributed by atoms with Crippen molar-refractivity contribution >= 4 is 17.2 Å². The molecule has 0 N–H and O–H groups in total. The first-order valence-corrected chi connectivity index (χ1v) is 6.60. The number of nitrogens with zero attached hydrogens (tertiary/aromatic N) is 2. The van der Waals surface area contributed by atoms with E-state index in [9.17, 15) is 4.79 Å². The highest BCUT2D eigenvalue weighted by atomic mass is 16.5. The molecule has 1 aromatic heterocycles. The molecule has 0 aliphatic carbocycles. The summed E-state index contributed by atoms with van der Waals surface area (Å²) in [4.78, 5) is 13.1. The van der Waals surface area contributed by atoms with Crippen LogP contribution >= 0.6 is 0 Å². The molecular weight excluding hydrogens is 240 g/mol. The Morgan fingerprint density at radius 1 is 1.42 bits per heavy atom. The van der Waals surface area contributed by atoms with Gasteiger partial charge in [-0.15, -0.1) is 0 Å². The van der Waals surface area contributed by atoms with E-state index in [0.717, 1.165) is 19.4 Å². The lowest BCUT2D eigenvalue weighted by Gasteiger charge is -2.30. The summed E-state index contributed by atoms with van der Waals surface area (Å²) < 4.78 is 7.53. The Morgan fingerprint density at radius 2 is 2.26 bits per heavy atom. The zero-order chi connectivity index (χ0) is 13.2. The molecular formula is C15H18N2O2. The molecule has 1 aromatic carbocycles. The standard InChI is InChI=1S/C15H18N2O2/c1-16-8-12(14-4-2-3-5-15(14)16)9-17-6-7-19-13(10-17)11-18/h2-5,8,11,13H,6-7,9-10H2,1H3. The molecule has 19 heavy (non-hydrogen) atoms. The van der Waals surface area contributed by atoms with Crippen molar-refractivity contribution in [1.29, 1.82) is 0 Å². The van der Waals surface area contributed by atoms with Crippen molar-refractivity contribution in [1.82, 2.24) is 9.47 Å². The van der Waals surface area contributed by atoms with Gasteiger partial charge in [-0.3, -0.25) is 4.90 Å². The Morgan fingerprint density at radius 3 is 3.11 bits per heavy atom. The summed E-state index contributed by atoms with van der Waals surface area (Å²) in [7, 11) is 2.07. The molecule has 1 saturated heterocycles. The molecule has 1 atom stereocenters. The Kier molecular flexibility index (Phi) is 3.36. The topological polar surface area (TPSA) is 34.5 Å². The number of benzene rings is 1. The van der Waals surface area contributed by atoms with Crippen LogP contribution in [0.4, 0.5) is 0 Å². The minimum atomic E-state index is -0.274. The predicted octanol–water partition coefficient (Wildman–Crippen LogP) is 1.58. The second-order valence-corrected chi connectivity index (χ2v) is 5.06. The number of aromatic nitrogens is 1. The van der Waals surface area contributed by atoms with Crippen LogP contribution in [0.5, 0.6) is 0 Å². The van der Waals surface area contributed by atoms with Gasteiger partial charge < -0.3 is 14.1 Å². The molecule has 0 saturated carbocycles. The molecule has 1 unspecified atom stereocenters. The highest BCUT2D eigenvalue weighted by Gasteiger charge is 2.20. The van der Waals surface area contributed by atoms with Crippen LogP contribution in [0, 0.1) is 0 Å². The number of aryl methyl sites for hydroxylation is 1. The van der Waals surface area contributed by atoms with Crippen molar-refractivity contribution in [2.75, 3.05) is 19.7 Å². The molecule has 2 heterocycles. The summed E-state index contributed by atoms with van der Waals surface area (Å²) in [6, 6.07) is 8.41. The van der Waals surface area contributed by atoms with Crippen LogP contribution < -0.4 is 0 Å². The quantitative estimate of drug-likeness (QED) is 0.784. The largest absolute Gasteiger partial charge is 0.368 e. The van der Waals surface area contributed by atoms with Crippen molar-refractivity contribution in [3.63, 3.8) is 0 Å². The third-order valence-electron chi connectivity index (χ3n) is 3.70. The highest BCUT2D eigenvalue weighted by molar-refractivity contribution is 5.83. The SMILES string of the molecule is Cn1cc(CN2CCOC(C=O)C2)c2ccccc21. The number of carbonyl (C=O) groups excluding carboxylic acids is 1. The van der Waals surface area contributed by atoms with Crippen molar-refractivity contribution in [3.8, 4) is 0 Å². The van der Waals surface area contributed by atoms with Crippen LogP contribution in [0.2, 0.25) is 0 Å². The lowest BCUT2D eigenvalue weighted by atomic mass is 10.1. The lowest BCUT2D eigenvalue weighted by molar-refractivity contribution is -0.123. The second kappa shape index (κ2) is 5.15. The van der Waals surface area contributed by atoms with Gasteiger partial charge in [0, 0.05) is 43.8 Å². The van der Waals surface area contributed by atoms with Gasteiger partial charge >= 0.3 is 0 Å². The molecule has 0 spiro atoms. The van der Waals surface area contributed by atoms with Crippen molar-refractivity contribution in [2.24, 2.45) is 7.05 Å². The average molecular weight is 258 g/mol. The predicted molar refractivity (Wildman–Crippen MR) is 74.0 cm³/mol. The fourth-order valence-electron chi connectivity index (χ4n) is 2.75. The molecule has 100 valence electrons. The summed E-state index contributed by atoms with van der Waals surface area (Å²) in [6.07, 6.45) is 2.80. The van der Waals surface area contributed by atoms with Gasteiger partial charge in [0.25, 0.3) is 0 Å². The van der Waals surface area contributed by atoms with E-state index in [0.29, 0.717) is 13.2 Å². The number of hydrogen-bond acceptors (Lipinski definition) is 3. The first-order chi connectivity index (χ1) is 9.28. The van der Waals surface area contributed by atoms with Crippen molar-refractivity contribution < 1.29 is 9.53 Å². The van der Waals surface area contributed by atoms with E-state index in [4.69, 9.17) is 4.74 Å². The van der Waals surface area contributed by atoms with Crippen molar-refractivity contribution in [3.05, 3.63) is 36.0 Å². The van der Waals surface area contributed by atoms with Crippen LogP contribution in [0.15, 0.2) is 30.5 Å². The van der Waals surface area contributed by atoms with Crippen LogP contribution in [0.25, 0.3) is 10.9 Å². The van der Waals surface area contributed by atoms with E-state index in [1.54, 1.807) is 0 Å². The lowest BCUT2D eigenvalue weighted by Crippen LogP contribution is -2.42. The van der Waals surface area contributed by atoms with Crippen molar-refractivity contribution in [2.45, 2.75) is 12.6 Å². The maximum absolute atomic E-state index is 10.8. The first kappa shape index (κ1) is 12.4. The van der Waals surface area contributed by atoms with E-state index in [1.165, 1.54) is 16.5 Å². The van der Waals surface area contributed by atoms with Gasteiger partial charge in [-0.2, -0.15) is 0 Å². The summed E-state index contributed by atoms with van der Waals surface area (Å²) in [5, 5.41) is 1.29. The Labute approximate surface area is 112 Å². The van der Waals surface area contributed by atoms with Crippen LogP contribution in [0.3, 0.4) is 0 Å². The Balaban J connectivity index is 1.83. The number of morpholine rings is 1. The smallest absolute Gasteiger partial charge is 0.150 e. The van der Waals surface area contributed by atoms with E-state index in [2.05, 4.69) is 47.0 Å². The Hall–Kier alpha value is -1.65. The number of carbonyl (C=O) groups is 1. The third-order valence-corrected chi connectivity index (χ3v) is 3.70. The summed E-state index contributed by atoms with van der Waals surface area (Å²) in [6.45, 7) is 3.07. The maximum Gasteiger partial charge on any atom is 0.150 e. The Bertz CT molecular complexity index is 591. The summed E-state index contributed by atoms with van der Waals surface area (Å²) >= 11 is 0. The minimum absolute atomic E-state index is 0.274. The fraction of sp³-hybridized carbons (Fsp3) is 0.400. The molecule has 1 aliphatic heterocycles. The number of aldehydes is 1. The van der Waals surface area contributed by atoms with Gasteiger partial charge in [0.1, 0.15) is 12.4 Å². The van der Waals surface area contributed by atoms with Gasteiger partial charge in [-0.05, 0) is 11.6 Å². The molecule has 0 radical (unpaired) electrons. The van der Waals surface area contributed by atoms with Crippen LogP contribution in [-0.4, -0.2) is 41.6 Å². The normalized spacial score (nSPS) is 20.8. The molecule has 0 bridgehead atoms. The summed E-state index contributed by atoms with van der Waals surface area (Å²) in [5.74, 6) is 0. The molecule has 2 aromatic rings. The monoisotopic (exact) mass is 258 g/mol. The molecule has 4 heteroatoms. The van der Waals surface area contributed by atoms with E-state index >= 15 is 0 Å². The van der Waals surface area contributed by atoms with Gasteiger partial charge in [0.05, 0.1) is 6.61 Å². The average Bonchev–Trinajstić information content (AvgIpc) is 2.76. The number of rotatable bonds is 3. The van der Waals surface area contributed by atoms with Crippen LogP contribution in [0.1, 0.15) is 5.56 Å². The first-order valence-electron chi connectivity index (χ1n) is 6.60. The van der Waals surface area contributed by atoms with E-state index < -0.39 is 0 Å². The summed E-state index contributed by atoms with van der Waals surface area (Å²) in [5.41, 5.74) is 2.56. The van der Waals surface area contributed by atoms with Gasteiger partial charge in [0.15, 0.2) is 0 Å². The number of hydrogen-bond donors (Lipinski definition) is 0. The van der Waals surface area contributed by atoms with Crippen LogP contribution in [-0.2, 0) is 23.1 Å². The fourth-order valence-corrected chi connectivity index (χ4v) is 2.75.